The molecule has 4 atom stereocenters. The van der Waals surface area contributed by atoms with Crippen LogP contribution in [0.5, 0.6) is 5.75 Å². The number of rotatable bonds is 6. The maximum absolute atomic E-state index is 14.1. The van der Waals surface area contributed by atoms with E-state index < -0.39 is 29.9 Å². The molecule has 6 rings (SSSR count). The number of para-hydroxylation sites is 1. The molecule has 2 fully saturated rings. The molecular formula is C31H26N2O5. The van der Waals surface area contributed by atoms with Crippen molar-refractivity contribution in [3.63, 3.8) is 0 Å². The van der Waals surface area contributed by atoms with Gasteiger partial charge >= 0.3 is 5.97 Å². The Balaban J connectivity index is 1.36. The van der Waals surface area contributed by atoms with Crippen molar-refractivity contribution in [3.8, 4) is 5.75 Å². The summed E-state index contributed by atoms with van der Waals surface area (Å²) in [5.41, 5.74) is 3.20. The van der Waals surface area contributed by atoms with Crippen LogP contribution < -0.4 is 9.64 Å². The third-order valence-electron chi connectivity index (χ3n) is 7.64. The maximum Gasteiger partial charge on any atom is 0.308 e. The average Bonchev–Trinajstić information content (AvgIpc) is 3.40. The van der Waals surface area contributed by atoms with Gasteiger partial charge in [0.2, 0.25) is 11.8 Å². The van der Waals surface area contributed by atoms with Gasteiger partial charge in [0.15, 0.2) is 5.78 Å². The maximum atomic E-state index is 14.1. The van der Waals surface area contributed by atoms with E-state index in [0.29, 0.717) is 17.7 Å². The molecule has 38 heavy (non-hydrogen) atoms. The van der Waals surface area contributed by atoms with E-state index in [4.69, 9.17) is 4.74 Å². The lowest BCUT2D eigenvalue weighted by molar-refractivity contribution is -0.140. The van der Waals surface area contributed by atoms with Gasteiger partial charge < -0.3 is 9.64 Å². The van der Waals surface area contributed by atoms with Crippen molar-refractivity contribution in [1.29, 1.82) is 0 Å². The first kappa shape index (κ1) is 23.9. The van der Waals surface area contributed by atoms with Crippen molar-refractivity contribution in [2.24, 2.45) is 11.8 Å². The van der Waals surface area contributed by atoms with Gasteiger partial charge in [-0.1, -0.05) is 60.7 Å². The van der Waals surface area contributed by atoms with Crippen LogP contribution in [0.3, 0.4) is 0 Å². The summed E-state index contributed by atoms with van der Waals surface area (Å²) >= 11 is 0. The van der Waals surface area contributed by atoms with Gasteiger partial charge in [0.1, 0.15) is 11.8 Å². The van der Waals surface area contributed by atoms with E-state index >= 15 is 0 Å². The van der Waals surface area contributed by atoms with Gasteiger partial charge in [-0.15, -0.1) is 0 Å². The summed E-state index contributed by atoms with van der Waals surface area (Å²) in [6, 6.07) is 22.5. The molecule has 0 unspecified atom stereocenters. The average molecular weight is 507 g/mol. The number of nitrogens with zero attached hydrogens (tertiary/aromatic N) is 2. The summed E-state index contributed by atoms with van der Waals surface area (Å²) in [6.07, 6.45) is 4.47. The summed E-state index contributed by atoms with van der Waals surface area (Å²) in [5.74, 6) is -2.32. The molecule has 0 N–H and O–H groups in total. The van der Waals surface area contributed by atoms with Crippen LogP contribution in [-0.4, -0.2) is 47.1 Å². The number of ketones is 1. The minimum atomic E-state index is -0.839. The number of ether oxygens (including phenoxy) is 1. The first-order valence-corrected chi connectivity index (χ1v) is 12.7. The van der Waals surface area contributed by atoms with E-state index in [1.807, 2.05) is 71.6 Å². The number of carbonyl (C=O) groups excluding carboxylic acids is 4. The van der Waals surface area contributed by atoms with E-state index in [1.54, 1.807) is 24.3 Å². The van der Waals surface area contributed by atoms with Gasteiger partial charge in [0.25, 0.3) is 0 Å². The summed E-state index contributed by atoms with van der Waals surface area (Å²) < 4.78 is 5.11. The predicted molar refractivity (Wildman–Crippen MR) is 141 cm³/mol. The van der Waals surface area contributed by atoms with Gasteiger partial charge in [-0.2, -0.15) is 0 Å². The number of benzene rings is 3. The van der Waals surface area contributed by atoms with Crippen LogP contribution in [0, 0.1) is 11.8 Å². The number of anilines is 1. The van der Waals surface area contributed by atoms with Crippen LogP contribution in [0.25, 0.3) is 6.08 Å². The minimum Gasteiger partial charge on any atom is -0.427 e. The van der Waals surface area contributed by atoms with Crippen LogP contribution in [0.15, 0.2) is 84.9 Å². The molecule has 0 bridgehead atoms. The smallest absolute Gasteiger partial charge is 0.308 e. The van der Waals surface area contributed by atoms with Crippen molar-refractivity contribution in [1.82, 2.24) is 4.90 Å². The highest BCUT2D eigenvalue weighted by atomic mass is 16.5. The number of esters is 1. The molecule has 0 aliphatic carbocycles. The number of imide groups is 1. The van der Waals surface area contributed by atoms with E-state index in [2.05, 4.69) is 0 Å². The second-order valence-electron chi connectivity index (χ2n) is 9.86. The molecule has 3 aliphatic heterocycles. The molecule has 3 heterocycles. The number of hydrogen-bond acceptors (Lipinski definition) is 6. The Morgan fingerprint density at radius 2 is 1.53 bits per heavy atom. The molecule has 3 aromatic rings. The lowest BCUT2D eigenvalue weighted by atomic mass is 9.86. The van der Waals surface area contributed by atoms with Crippen molar-refractivity contribution < 1.29 is 23.9 Å². The first-order valence-electron chi connectivity index (χ1n) is 12.7. The van der Waals surface area contributed by atoms with Crippen LogP contribution in [-0.2, 0) is 20.8 Å². The first-order chi connectivity index (χ1) is 18.4. The molecule has 0 spiro atoms. The van der Waals surface area contributed by atoms with Crippen molar-refractivity contribution in [2.75, 3.05) is 11.4 Å². The van der Waals surface area contributed by atoms with E-state index in [1.165, 1.54) is 11.8 Å². The minimum absolute atomic E-state index is 0.226. The highest BCUT2D eigenvalue weighted by Gasteiger charge is 2.63. The molecule has 0 radical (unpaired) electrons. The molecular weight excluding hydrogens is 480 g/mol. The fourth-order valence-electron chi connectivity index (χ4n) is 6.01. The number of fused-ring (bicyclic) bond motifs is 5. The second-order valence-corrected chi connectivity index (χ2v) is 9.86. The SMILES string of the molecule is CC(=O)Oc1ccc(C(=O)[C@@H]2[C@H]3C(=O)N(CCc4ccccc4)C(=O)[C@@H]3[C@H]3C=Cc4ccccc4N32)cc1. The normalized spacial score (nSPS) is 23.2. The quantitative estimate of drug-likeness (QED) is 0.218. The molecule has 190 valence electrons. The molecule has 7 heteroatoms. The molecule has 3 aromatic carbocycles. The zero-order valence-electron chi connectivity index (χ0n) is 20.8. The van der Waals surface area contributed by atoms with Crippen LogP contribution >= 0.6 is 0 Å². The highest BCUT2D eigenvalue weighted by Crippen LogP contribution is 2.49. The fourth-order valence-corrected chi connectivity index (χ4v) is 6.01. The van der Waals surface area contributed by atoms with Crippen LogP contribution in [0.1, 0.15) is 28.4 Å². The molecule has 2 amide bonds. The van der Waals surface area contributed by atoms with Crippen LogP contribution in [0.2, 0.25) is 0 Å². The number of Topliss-reactive ketones (excluding diaryl/α,β-unsaturated/α-hetero) is 1. The van der Waals surface area contributed by atoms with Gasteiger partial charge in [-0.25, -0.2) is 0 Å². The van der Waals surface area contributed by atoms with Crippen molar-refractivity contribution >= 4 is 35.3 Å². The van der Waals surface area contributed by atoms with E-state index in [-0.39, 0.29) is 24.1 Å². The fraction of sp³-hybridized carbons (Fsp3) is 0.226. The molecule has 0 saturated carbocycles. The van der Waals surface area contributed by atoms with Gasteiger partial charge in [-0.05, 0) is 47.9 Å². The molecule has 0 aromatic heterocycles. The third kappa shape index (κ3) is 3.91. The Labute approximate surface area is 220 Å². The Kier molecular flexibility index (Phi) is 5.91. The van der Waals surface area contributed by atoms with Crippen LogP contribution in [0.4, 0.5) is 5.69 Å². The standard InChI is InChI=1S/C31H26N2O5/c1-19(34)38-23-14-11-22(12-15-23)29(35)28-27-26(25-16-13-21-9-5-6-10-24(21)33(25)28)30(36)32(31(27)37)18-17-20-7-3-2-4-8-20/h2-16,25-28H,17-18H2,1H3/t25-,26-,27+,28+/m1/s1. The number of likely N-dealkylation sites (tertiary alicyclic amines) is 1. The van der Waals surface area contributed by atoms with Gasteiger partial charge in [0, 0.05) is 24.7 Å². The number of amides is 2. The molecule has 2 saturated heterocycles. The Morgan fingerprint density at radius 3 is 2.26 bits per heavy atom. The number of hydrogen-bond donors (Lipinski definition) is 0. The second kappa shape index (κ2) is 9.41. The predicted octanol–water partition coefficient (Wildman–Crippen LogP) is 3.92. The largest absolute Gasteiger partial charge is 0.427 e. The summed E-state index contributed by atoms with van der Waals surface area (Å²) in [5, 5.41) is 0. The third-order valence-corrected chi connectivity index (χ3v) is 7.64. The Morgan fingerprint density at radius 1 is 0.842 bits per heavy atom. The lowest BCUT2D eigenvalue weighted by Gasteiger charge is -2.36. The lowest BCUT2D eigenvalue weighted by Crippen LogP contribution is -2.49. The Bertz CT molecular complexity index is 1460. The zero-order chi connectivity index (χ0) is 26.4. The summed E-state index contributed by atoms with van der Waals surface area (Å²) in [7, 11) is 0. The Hall–Kier alpha value is -4.52. The number of carbonyl (C=O) groups is 4. The highest BCUT2D eigenvalue weighted by molar-refractivity contribution is 6.14. The monoisotopic (exact) mass is 506 g/mol. The zero-order valence-corrected chi connectivity index (χ0v) is 20.8. The molecule has 3 aliphatic rings. The van der Waals surface area contributed by atoms with Crippen molar-refractivity contribution in [2.45, 2.75) is 25.4 Å². The summed E-state index contributed by atoms with van der Waals surface area (Å²) in [4.78, 5) is 56.2. The summed E-state index contributed by atoms with van der Waals surface area (Å²) in [6.45, 7) is 1.59. The van der Waals surface area contributed by atoms with Gasteiger partial charge in [0.05, 0.1) is 17.9 Å². The molecule has 7 nitrogen and oxygen atoms in total. The van der Waals surface area contributed by atoms with E-state index in [9.17, 15) is 19.2 Å². The van der Waals surface area contributed by atoms with E-state index in [0.717, 1.165) is 16.8 Å². The van der Waals surface area contributed by atoms with Gasteiger partial charge in [-0.3, -0.25) is 24.1 Å². The van der Waals surface area contributed by atoms with Crippen molar-refractivity contribution in [3.05, 3.63) is 102 Å². The topological polar surface area (TPSA) is 84.0 Å².